The van der Waals surface area contributed by atoms with Crippen molar-refractivity contribution in [2.45, 2.75) is 38.9 Å². The predicted octanol–water partition coefficient (Wildman–Crippen LogP) is 13.1. The van der Waals surface area contributed by atoms with Crippen molar-refractivity contribution >= 4 is 88.4 Å². The zero-order chi connectivity index (χ0) is 35.1. The maximum atomic E-state index is 2.50. The van der Waals surface area contributed by atoms with Crippen LogP contribution in [0.4, 0.5) is 0 Å². The Kier molecular flexibility index (Phi) is 6.01. The number of aromatic nitrogens is 2. The first-order chi connectivity index (χ1) is 25.2. The number of rotatable bonds is 3. The van der Waals surface area contributed by atoms with Gasteiger partial charge in [-0.15, -0.1) is 11.3 Å². The Labute approximate surface area is 308 Å². The molecule has 1 aliphatic carbocycles. The van der Waals surface area contributed by atoms with E-state index in [1.807, 2.05) is 11.3 Å². The quantitative estimate of drug-likeness (QED) is 0.162. The van der Waals surface area contributed by atoms with Crippen LogP contribution in [-0.2, 0) is 5.41 Å². The van der Waals surface area contributed by atoms with Gasteiger partial charge in [-0.2, -0.15) is 0 Å². The number of benzene rings is 7. The lowest BCUT2D eigenvalue weighted by Gasteiger charge is -2.21. The molecule has 0 aliphatic heterocycles. The summed E-state index contributed by atoms with van der Waals surface area (Å²) in [7, 11) is -1.53. The van der Waals surface area contributed by atoms with Gasteiger partial charge in [0.2, 0.25) is 0 Å². The zero-order valence-electron chi connectivity index (χ0n) is 30.1. The molecule has 0 amide bonds. The molecule has 250 valence electrons. The van der Waals surface area contributed by atoms with Gasteiger partial charge in [-0.1, -0.05) is 118 Å². The van der Waals surface area contributed by atoms with E-state index in [2.05, 4.69) is 182 Å². The number of hydrogen-bond acceptors (Lipinski definition) is 1. The highest BCUT2D eigenvalue weighted by molar-refractivity contribution is 7.28. The van der Waals surface area contributed by atoms with Crippen LogP contribution >= 0.6 is 11.3 Å². The van der Waals surface area contributed by atoms with Gasteiger partial charge >= 0.3 is 0 Å². The summed E-state index contributed by atoms with van der Waals surface area (Å²) in [5.41, 5.74) is 12.8. The van der Waals surface area contributed by atoms with Crippen LogP contribution in [0.3, 0.4) is 0 Å². The molecule has 0 atom stereocenters. The Balaban J connectivity index is 1.23. The van der Waals surface area contributed by atoms with Crippen LogP contribution in [-0.4, -0.2) is 17.2 Å². The van der Waals surface area contributed by atoms with Gasteiger partial charge in [0.25, 0.3) is 0 Å². The molecule has 3 heterocycles. The van der Waals surface area contributed by atoms with Crippen molar-refractivity contribution in [3.05, 3.63) is 151 Å². The van der Waals surface area contributed by atoms with Gasteiger partial charge in [0, 0.05) is 58.5 Å². The lowest BCUT2D eigenvalue weighted by Crippen LogP contribution is -2.37. The molecule has 0 saturated heterocycles. The monoisotopic (exact) mass is 702 g/mol. The zero-order valence-corrected chi connectivity index (χ0v) is 31.9. The molecule has 7 aromatic carbocycles. The molecule has 11 rings (SSSR count). The largest absolute Gasteiger partial charge is 0.309 e. The molecule has 0 saturated carbocycles. The fraction of sp³-hybridized carbons (Fsp3) is 0.125. The summed E-state index contributed by atoms with van der Waals surface area (Å²) >= 11 is 2.00. The summed E-state index contributed by atoms with van der Waals surface area (Å²) in [6, 6.07) is 52.6. The summed E-state index contributed by atoms with van der Waals surface area (Å²) in [6.45, 7) is 12.1. The van der Waals surface area contributed by atoms with Crippen molar-refractivity contribution < 1.29 is 0 Å². The smallest absolute Gasteiger partial charge is 0.0794 e. The first-order valence-electron chi connectivity index (χ1n) is 18.4. The van der Waals surface area contributed by atoms with E-state index >= 15 is 0 Å². The lowest BCUT2D eigenvalue weighted by atomic mass is 9.82. The highest BCUT2D eigenvalue weighted by Gasteiger charge is 2.36. The van der Waals surface area contributed by atoms with Gasteiger partial charge in [-0.25, -0.2) is 0 Å². The Hall–Kier alpha value is -5.42. The van der Waals surface area contributed by atoms with Crippen molar-refractivity contribution in [2.75, 3.05) is 0 Å². The van der Waals surface area contributed by atoms with Crippen molar-refractivity contribution in [1.29, 1.82) is 0 Å². The summed E-state index contributed by atoms with van der Waals surface area (Å²) in [5, 5.41) is 9.56. The molecule has 2 nitrogen and oxygen atoms in total. The molecule has 10 aromatic rings. The number of thiophene rings is 1. The van der Waals surface area contributed by atoms with E-state index in [1.165, 1.54) is 97.4 Å². The van der Waals surface area contributed by atoms with E-state index in [4.69, 9.17) is 0 Å². The molecule has 0 unspecified atom stereocenters. The van der Waals surface area contributed by atoms with Crippen LogP contribution in [0.15, 0.2) is 140 Å². The number of hydrogen-bond donors (Lipinski definition) is 0. The fourth-order valence-corrected chi connectivity index (χ4v) is 13.1. The lowest BCUT2D eigenvalue weighted by molar-refractivity contribution is 0.661. The number of nitrogens with zero attached hydrogens (tertiary/aromatic N) is 2. The molecule has 52 heavy (non-hydrogen) atoms. The third kappa shape index (κ3) is 3.94. The standard InChI is InChI=1S/C48H38N2SSi/c1-48(2)38-19-11-9-16-31(38)35-27-37-36-26-30(22-24-41(36)49(43(37)28-39(35)48)29-14-7-6-8-15-29)50-40-20-12-10-17-34(40)45-42(50)25-23-33-32-18-13-21-44(52(3,4)5)46(32)51-47(33)45/h6-28H,1-5H3. The third-order valence-electron chi connectivity index (χ3n) is 11.8. The third-order valence-corrected chi connectivity index (χ3v) is 15.3. The average Bonchev–Trinajstić information content (AvgIpc) is 3.86. The summed E-state index contributed by atoms with van der Waals surface area (Å²) in [5.74, 6) is 0. The van der Waals surface area contributed by atoms with Gasteiger partial charge in [-0.05, 0) is 82.0 Å². The van der Waals surface area contributed by atoms with E-state index in [9.17, 15) is 0 Å². The first kappa shape index (κ1) is 30.2. The van der Waals surface area contributed by atoms with E-state index in [0.717, 1.165) is 0 Å². The van der Waals surface area contributed by atoms with Crippen molar-refractivity contribution in [3.63, 3.8) is 0 Å². The van der Waals surface area contributed by atoms with Crippen LogP contribution in [0.2, 0.25) is 19.6 Å². The van der Waals surface area contributed by atoms with Crippen molar-refractivity contribution in [1.82, 2.24) is 9.13 Å². The van der Waals surface area contributed by atoms with Crippen molar-refractivity contribution in [2.24, 2.45) is 0 Å². The molecular weight excluding hydrogens is 665 g/mol. The minimum Gasteiger partial charge on any atom is -0.309 e. The van der Waals surface area contributed by atoms with Crippen LogP contribution in [0, 0.1) is 0 Å². The van der Waals surface area contributed by atoms with Crippen LogP contribution < -0.4 is 5.19 Å². The molecule has 0 bridgehead atoms. The number of fused-ring (bicyclic) bond motifs is 13. The SMILES string of the molecule is CC1(C)c2ccccc2-c2cc3c4cc(-n5c6ccccc6c6c7sc8c([Si](C)(C)C)cccc8c7ccc65)ccc4n(-c4ccccc4)c3cc21. The molecule has 0 N–H and O–H groups in total. The van der Waals surface area contributed by atoms with E-state index in [1.54, 1.807) is 5.19 Å². The highest BCUT2D eigenvalue weighted by atomic mass is 32.1. The summed E-state index contributed by atoms with van der Waals surface area (Å²) in [6.07, 6.45) is 0. The van der Waals surface area contributed by atoms with Crippen molar-refractivity contribution in [3.8, 4) is 22.5 Å². The second kappa shape index (κ2) is 10.3. The first-order valence-corrected chi connectivity index (χ1v) is 22.7. The average molecular weight is 703 g/mol. The molecule has 3 aromatic heterocycles. The normalized spacial score (nSPS) is 14.0. The topological polar surface area (TPSA) is 9.86 Å². The Morgan fingerprint density at radius 3 is 1.98 bits per heavy atom. The summed E-state index contributed by atoms with van der Waals surface area (Å²) in [4.78, 5) is 0. The van der Waals surface area contributed by atoms with Gasteiger partial charge in [0.15, 0.2) is 0 Å². The summed E-state index contributed by atoms with van der Waals surface area (Å²) < 4.78 is 7.83. The molecule has 0 spiro atoms. The van der Waals surface area contributed by atoms with Crippen LogP contribution in [0.25, 0.3) is 86.3 Å². The molecule has 0 radical (unpaired) electrons. The molecule has 1 aliphatic rings. The van der Waals surface area contributed by atoms with E-state index < -0.39 is 8.07 Å². The molecular formula is C48H38N2SSi. The van der Waals surface area contributed by atoms with E-state index in [-0.39, 0.29) is 5.41 Å². The van der Waals surface area contributed by atoms with E-state index in [0.29, 0.717) is 0 Å². The second-order valence-electron chi connectivity index (χ2n) is 16.2. The fourth-order valence-electron chi connectivity index (χ4n) is 9.37. The predicted molar refractivity (Wildman–Crippen MR) is 229 cm³/mol. The second-order valence-corrected chi connectivity index (χ2v) is 22.2. The minimum atomic E-state index is -1.53. The maximum absolute atomic E-state index is 2.50. The Bertz CT molecular complexity index is 3130. The highest BCUT2D eigenvalue weighted by Crippen LogP contribution is 2.51. The maximum Gasteiger partial charge on any atom is 0.0794 e. The Morgan fingerprint density at radius 2 is 1.13 bits per heavy atom. The van der Waals surface area contributed by atoms with Crippen LogP contribution in [0.5, 0.6) is 0 Å². The van der Waals surface area contributed by atoms with Gasteiger partial charge in [-0.3, -0.25) is 0 Å². The Morgan fingerprint density at radius 1 is 0.462 bits per heavy atom. The van der Waals surface area contributed by atoms with Gasteiger partial charge in [0.1, 0.15) is 0 Å². The minimum absolute atomic E-state index is 0.0695. The van der Waals surface area contributed by atoms with Crippen LogP contribution in [0.1, 0.15) is 25.0 Å². The molecule has 0 fully saturated rings. The van der Waals surface area contributed by atoms with Gasteiger partial charge in [0.05, 0.1) is 30.1 Å². The number of para-hydroxylation sites is 2. The molecule has 4 heteroatoms. The van der Waals surface area contributed by atoms with Gasteiger partial charge < -0.3 is 9.13 Å².